The van der Waals surface area contributed by atoms with Gasteiger partial charge in [0.15, 0.2) is 0 Å². The summed E-state index contributed by atoms with van der Waals surface area (Å²) in [5.74, 6) is 1.85. The minimum Gasteiger partial charge on any atom is -0.497 e. The maximum Gasteiger partial charge on any atom is 0.255 e. The van der Waals surface area contributed by atoms with Crippen molar-refractivity contribution in [2.24, 2.45) is 5.92 Å². The number of fused-ring (bicyclic) bond motifs is 1. The van der Waals surface area contributed by atoms with Crippen LogP contribution in [-0.2, 0) is 0 Å². The van der Waals surface area contributed by atoms with Gasteiger partial charge in [-0.1, -0.05) is 18.2 Å². The monoisotopic (exact) mass is 377 g/mol. The van der Waals surface area contributed by atoms with Gasteiger partial charge in [-0.3, -0.25) is 9.89 Å². The van der Waals surface area contributed by atoms with E-state index in [-0.39, 0.29) is 5.91 Å². The molecule has 0 spiro atoms. The lowest BCUT2D eigenvalue weighted by atomic mass is 10.1. The van der Waals surface area contributed by atoms with E-state index in [0.717, 1.165) is 34.5 Å². The van der Waals surface area contributed by atoms with Crippen LogP contribution in [0.25, 0.3) is 23.1 Å². The molecule has 1 aromatic heterocycles. The third-order valence-electron chi connectivity index (χ3n) is 4.96. The number of methoxy groups -OCH3 is 2. The van der Waals surface area contributed by atoms with E-state index in [4.69, 9.17) is 9.47 Å². The maximum atomic E-state index is 12.6. The molecular formula is C22H23N3O3. The summed E-state index contributed by atoms with van der Waals surface area (Å²) < 4.78 is 10.8. The van der Waals surface area contributed by atoms with Crippen molar-refractivity contribution in [3.05, 3.63) is 53.2 Å². The minimum absolute atomic E-state index is 0.114. The van der Waals surface area contributed by atoms with Crippen molar-refractivity contribution in [3.8, 4) is 11.5 Å². The molecule has 1 aliphatic rings. The number of carbonyl (C=O) groups excluding carboxylic acids is 1. The Balaban J connectivity index is 1.65. The van der Waals surface area contributed by atoms with Crippen LogP contribution in [0.4, 0.5) is 0 Å². The summed E-state index contributed by atoms with van der Waals surface area (Å²) in [6, 6.07) is 11.4. The van der Waals surface area contributed by atoms with Crippen LogP contribution in [0.2, 0.25) is 0 Å². The molecule has 1 fully saturated rings. The number of aromatic amines is 1. The molecule has 1 aliphatic carbocycles. The number of amides is 1. The molecule has 144 valence electrons. The van der Waals surface area contributed by atoms with Crippen LogP contribution in [0.3, 0.4) is 0 Å². The van der Waals surface area contributed by atoms with E-state index >= 15 is 0 Å². The van der Waals surface area contributed by atoms with Gasteiger partial charge in [-0.2, -0.15) is 5.10 Å². The largest absolute Gasteiger partial charge is 0.497 e. The van der Waals surface area contributed by atoms with Crippen LogP contribution in [0.15, 0.2) is 36.4 Å². The van der Waals surface area contributed by atoms with Crippen molar-refractivity contribution in [2.45, 2.75) is 12.8 Å². The predicted octanol–water partition coefficient (Wildman–Crippen LogP) is 3.89. The first-order chi connectivity index (χ1) is 13.7. The van der Waals surface area contributed by atoms with E-state index in [0.29, 0.717) is 17.2 Å². The van der Waals surface area contributed by atoms with Crippen molar-refractivity contribution in [2.75, 3.05) is 20.8 Å². The molecule has 1 saturated carbocycles. The molecule has 6 heteroatoms. The Bertz CT molecular complexity index is 1020. The molecule has 0 bridgehead atoms. The smallest absolute Gasteiger partial charge is 0.255 e. The second-order valence-corrected chi connectivity index (χ2v) is 6.94. The highest BCUT2D eigenvalue weighted by Gasteiger charge is 2.24. The molecule has 0 atom stereocenters. The maximum absolute atomic E-state index is 12.6. The van der Waals surface area contributed by atoms with Gasteiger partial charge in [0, 0.05) is 6.54 Å². The van der Waals surface area contributed by atoms with Gasteiger partial charge in [-0.15, -0.1) is 0 Å². The van der Waals surface area contributed by atoms with Crippen LogP contribution in [0, 0.1) is 5.92 Å². The third-order valence-corrected chi connectivity index (χ3v) is 4.96. The molecule has 0 saturated heterocycles. The molecule has 3 aromatic rings. The number of hydrogen-bond donors (Lipinski definition) is 2. The first kappa shape index (κ1) is 18.1. The van der Waals surface area contributed by atoms with Gasteiger partial charge in [0.1, 0.15) is 11.5 Å². The fourth-order valence-electron chi connectivity index (χ4n) is 3.16. The third kappa shape index (κ3) is 3.71. The van der Waals surface area contributed by atoms with E-state index < -0.39 is 0 Å². The Morgan fingerprint density at radius 2 is 1.93 bits per heavy atom. The number of carbonyl (C=O) groups is 1. The number of H-pyrrole nitrogens is 1. The van der Waals surface area contributed by atoms with Gasteiger partial charge in [0.25, 0.3) is 5.91 Å². The highest BCUT2D eigenvalue weighted by molar-refractivity contribution is 6.05. The SMILES string of the molecule is COc1ccc(C=Cc2n[nH]c3ccc(C(=O)NCC4CC4)c(OC)c23)cc1. The second-order valence-electron chi connectivity index (χ2n) is 6.94. The fourth-order valence-corrected chi connectivity index (χ4v) is 3.16. The normalized spacial score (nSPS) is 13.8. The summed E-state index contributed by atoms with van der Waals surface area (Å²) in [6.45, 7) is 0.718. The van der Waals surface area contributed by atoms with Gasteiger partial charge in [-0.05, 0) is 54.7 Å². The van der Waals surface area contributed by atoms with Crippen LogP contribution in [-0.4, -0.2) is 36.9 Å². The summed E-state index contributed by atoms with van der Waals surface area (Å²) in [6.07, 6.45) is 6.26. The Hall–Kier alpha value is -3.28. The molecule has 0 radical (unpaired) electrons. The highest BCUT2D eigenvalue weighted by atomic mass is 16.5. The van der Waals surface area contributed by atoms with E-state index in [1.165, 1.54) is 12.8 Å². The summed E-state index contributed by atoms with van der Waals surface area (Å²) in [7, 11) is 3.22. The second kappa shape index (κ2) is 7.76. The number of aromatic nitrogens is 2. The average Bonchev–Trinajstić information content (AvgIpc) is 3.48. The topological polar surface area (TPSA) is 76.2 Å². The van der Waals surface area contributed by atoms with Gasteiger partial charge < -0.3 is 14.8 Å². The minimum atomic E-state index is -0.114. The number of rotatable bonds is 7. The van der Waals surface area contributed by atoms with Crippen LogP contribution in [0.1, 0.15) is 34.5 Å². The van der Waals surface area contributed by atoms with Crippen LogP contribution < -0.4 is 14.8 Å². The zero-order chi connectivity index (χ0) is 19.5. The lowest BCUT2D eigenvalue weighted by Crippen LogP contribution is -2.26. The highest BCUT2D eigenvalue weighted by Crippen LogP contribution is 2.33. The quantitative estimate of drug-likeness (QED) is 0.655. The van der Waals surface area contributed by atoms with E-state index in [9.17, 15) is 4.79 Å². The Kier molecular flexibility index (Phi) is 5.02. The molecule has 0 unspecified atom stereocenters. The molecule has 0 aliphatic heterocycles. The van der Waals surface area contributed by atoms with E-state index in [1.807, 2.05) is 42.5 Å². The number of nitrogens with zero attached hydrogens (tertiary/aromatic N) is 1. The molecule has 28 heavy (non-hydrogen) atoms. The number of hydrogen-bond acceptors (Lipinski definition) is 4. The van der Waals surface area contributed by atoms with Gasteiger partial charge in [0.2, 0.25) is 0 Å². The van der Waals surface area contributed by atoms with Crippen molar-refractivity contribution >= 4 is 29.0 Å². The molecule has 6 nitrogen and oxygen atoms in total. The molecule has 4 rings (SSSR count). The molecule has 1 amide bonds. The summed E-state index contributed by atoms with van der Waals surface area (Å²) >= 11 is 0. The van der Waals surface area contributed by atoms with Crippen LogP contribution in [0.5, 0.6) is 11.5 Å². The standard InChI is InChI=1S/C22H23N3O3/c1-27-16-8-5-14(6-9-16)7-11-18-20-19(25-24-18)12-10-17(21(20)28-2)22(26)23-13-15-3-4-15/h5-12,15H,3-4,13H2,1-2H3,(H,23,26)(H,24,25). The van der Waals surface area contributed by atoms with Crippen LogP contribution >= 0.6 is 0 Å². The number of benzene rings is 2. The fraction of sp³-hybridized carbons (Fsp3) is 0.273. The summed E-state index contributed by atoms with van der Waals surface area (Å²) in [5.41, 5.74) is 3.09. The van der Waals surface area contributed by atoms with Crippen molar-refractivity contribution in [1.82, 2.24) is 15.5 Å². The van der Waals surface area contributed by atoms with E-state index in [1.54, 1.807) is 20.3 Å². The summed E-state index contributed by atoms with van der Waals surface area (Å²) in [4.78, 5) is 12.6. The van der Waals surface area contributed by atoms with Gasteiger partial charge in [0.05, 0.1) is 36.4 Å². The van der Waals surface area contributed by atoms with Gasteiger partial charge >= 0.3 is 0 Å². The Morgan fingerprint density at radius 3 is 2.61 bits per heavy atom. The summed E-state index contributed by atoms with van der Waals surface area (Å²) in [5, 5.41) is 11.2. The lowest BCUT2D eigenvalue weighted by molar-refractivity contribution is 0.0949. The Morgan fingerprint density at radius 1 is 1.14 bits per heavy atom. The zero-order valence-corrected chi connectivity index (χ0v) is 16.0. The number of ether oxygens (including phenoxy) is 2. The molecule has 2 N–H and O–H groups in total. The molecule has 2 aromatic carbocycles. The number of nitrogens with one attached hydrogen (secondary N) is 2. The molecule has 1 heterocycles. The van der Waals surface area contributed by atoms with Crippen molar-refractivity contribution < 1.29 is 14.3 Å². The molecular weight excluding hydrogens is 354 g/mol. The van der Waals surface area contributed by atoms with Crippen molar-refractivity contribution in [1.29, 1.82) is 0 Å². The predicted molar refractivity (Wildman–Crippen MR) is 110 cm³/mol. The lowest BCUT2D eigenvalue weighted by Gasteiger charge is -2.10. The first-order valence-electron chi connectivity index (χ1n) is 9.35. The van der Waals surface area contributed by atoms with E-state index in [2.05, 4.69) is 15.5 Å². The average molecular weight is 377 g/mol. The zero-order valence-electron chi connectivity index (χ0n) is 16.0. The van der Waals surface area contributed by atoms with Gasteiger partial charge in [-0.25, -0.2) is 0 Å². The van der Waals surface area contributed by atoms with Crippen molar-refractivity contribution in [3.63, 3.8) is 0 Å². The first-order valence-corrected chi connectivity index (χ1v) is 9.35. The Labute approximate surface area is 163 Å².